The minimum Gasteiger partial charge on any atom is -0.380 e. The van der Waals surface area contributed by atoms with Crippen molar-refractivity contribution in [2.24, 2.45) is 5.92 Å². The topological polar surface area (TPSA) is 46.9 Å². The number of aromatic nitrogens is 2. The number of hydrogen-bond donors (Lipinski definition) is 1. The Bertz CT molecular complexity index is 429. The second kappa shape index (κ2) is 3.96. The van der Waals surface area contributed by atoms with Gasteiger partial charge >= 0.3 is 0 Å². The van der Waals surface area contributed by atoms with Crippen LogP contribution in [0.5, 0.6) is 0 Å². The molecule has 0 spiro atoms. The van der Waals surface area contributed by atoms with E-state index in [0.717, 1.165) is 5.69 Å². The molecule has 0 aromatic carbocycles. The molecule has 0 bridgehead atoms. The molecule has 2 rings (SSSR count). The molecule has 2 unspecified atom stereocenters. The molecule has 1 aromatic heterocycles. The molecule has 1 aliphatic rings. The number of anilines is 1. The molecule has 4 nitrogen and oxygen atoms in total. The fraction of sp³-hybridized carbons (Fsp3) is 0.600. The summed E-state index contributed by atoms with van der Waals surface area (Å²) in [6, 6.07) is 0.500. The Morgan fingerprint density at radius 3 is 2.93 bits per heavy atom. The molecular weight excluding hydrogens is 258 g/mol. The van der Waals surface area contributed by atoms with Crippen molar-refractivity contribution in [1.82, 2.24) is 9.78 Å². The molecule has 0 radical (unpaired) electrons. The zero-order valence-electron chi connectivity index (χ0n) is 8.83. The molecule has 1 fully saturated rings. The van der Waals surface area contributed by atoms with E-state index in [-0.39, 0.29) is 5.56 Å². The SMILES string of the molecule is CCn1ncc(NC2CC2C)c(Br)c1=O. The molecule has 1 aliphatic carbocycles. The third-order valence-electron chi connectivity index (χ3n) is 2.73. The molecule has 0 amide bonds. The minimum atomic E-state index is -0.0733. The van der Waals surface area contributed by atoms with Gasteiger partial charge in [0.25, 0.3) is 5.56 Å². The van der Waals surface area contributed by atoms with Crippen molar-refractivity contribution < 1.29 is 0 Å². The van der Waals surface area contributed by atoms with Crippen LogP contribution in [0.25, 0.3) is 0 Å². The molecule has 15 heavy (non-hydrogen) atoms. The van der Waals surface area contributed by atoms with Crippen LogP contribution in [0.4, 0.5) is 5.69 Å². The summed E-state index contributed by atoms with van der Waals surface area (Å²) in [6.45, 7) is 4.68. The predicted molar refractivity (Wildman–Crippen MR) is 63.1 cm³/mol. The van der Waals surface area contributed by atoms with Crippen molar-refractivity contribution in [1.29, 1.82) is 0 Å². The standard InChI is InChI=1S/C10H14BrN3O/c1-3-14-10(15)9(11)8(5-12-14)13-7-4-6(7)2/h5-7,13H,3-4H2,1-2H3. The van der Waals surface area contributed by atoms with Gasteiger partial charge in [0.15, 0.2) is 0 Å². The molecular formula is C10H14BrN3O. The number of halogens is 1. The van der Waals surface area contributed by atoms with Crippen LogP contribution in [0.3, 0.4) is 0 Å². The number of nitrogens with one attached hydrogen (secondary N) is 1. The maximum Gasteiger partial charge on any atom is 0.283 e. The molecule has 5 heteroatoms. The second-order valence-corrected chi connectivity index (χ2v) is 4.75. The van der Waals surface area contributed by atoms with Gasteiger partial charge in [-0.1, -0.05) is 6.92 Å². The molecule has 82 valence electrons. The molecule has 0 saturated heterocycles. The van der Waals surface area contributed by atoms with Gasteiger partial charge in [-0.3, -0.25) is 4.79 Å². The van der Waals surface area contributed by atoms with E-state index in [1.807, 2.05) is 6.92 Å². The smallest absolute Gasteiger partial charge is 0.283 e. The Morgan fingerprint density at radius 1 is 1.73 bits per heavy atom. The van der Waals surface area contributed by atoms with E-state index in [2.05, 4.69) is 33.3 Å². The van der Waals surface area contributed by atoms with Crippen molar-refractivity contribution in [3.63, 3.8) is 0 Å². The van der Waals surface area contributed by atoms with E-state index in [0.29, 0.717) is 23.0 Å². The Morgan fingerprint density at radius 2 is 2.40 bits per heavy atom. The van der Waals surface area contributed by atoms with Crippen LogP contribution in [0.1, 0.15) is 20.3 Å². The third kappa shape index (κ3) is 2.07. The summed E-state index contributed by atoms with van der Waals surface area (Å²) in [5.74, 6) is 0.700. The lowest BCUT2D eigenvalue weighted by Crippen LogP contribution is -2.24. The lowest BCUT2D eigenvalue weighted by Gasteiger charge is -2.08. The summed E-state index contributed by atoms with van der Waals surface area (Å²) in [4.78, 5) is 11.7. The quantitative estimate of drug-likeness (QED) is 0.913. The lowest BCUT2D eigenvalue weighted by atomic mass is 10.4. The van der Waals surface area contributed by atoms with E-state index < -0.39 is 0 Å². The summed E-state index contributed by atoms with van der Waals surface area (Å²) >= 11 is 3.31. The van der Waals surface area contributed by atoms with E-state index in [1.165, 1.54) is 11.1 Å². The van der Waals surface area contributed by atoms with Crippen molar-refractivity contribution in [3.05, 3.63) is 21.0 Å². The first-order valence-electron chi connectivity index (χ1n) is 5.15. The first-order valence-corrected chi connectivity index (χ1v) is 5.95. The molecule has 1 heterocycles. The molecule has 1 saturated carbocycles. The summed E-state index contributed by atoms with van der Waals surface area (Å²) in [6.07, 6.45) is 2.88. The van der Waals surface area contributed by atoms with E-state index in [1.54, 1.807) is 6.20 Å². The van der Waals surface area contributed by atoms with Crippen molar-refractivity contribution in [2.45, 2.75) is 32.9 Å². The van der Waals surface area contributed by atoms with Crippen molar-refractivity contribution in [2.75, 3.05) is 5.32 Å². The van der Waals surface area contributed by atoms with Crippen LogP contribution >= 0.6 is 15.9 Å². The Labute approximate surface area is 96.8 Å². The van der Waals surface area contributed by atoms with E-state index >= 15 is 0 Å². The minimum absolute atomic E-state index is 0.0733. The van der Waals surface area contributed by atoms with Gasteiger partial charge in [-0.15, -0.1) is 0 Å². The Kier molecular flexibility index (Phi) is 2.82. The molecule has 1 N–H and O–H groups in total. The van der Waals surface area contributed by atoms with Gasteiger partial charge in [0, 0.05) is 12.6 Å². The Hall–Kier alpha value is -0.840. The van der Waals surface area contributed by atoms with Crippen LogP contribution in [0.2, 0.25) is 0 Å². The van der Waals surface area contributed by atoms with Crippen LogP contribution in [-0.4, -0.2) is 15.8 Å². The second-order valence-electron chi connectivity index (χ2n) is 3.96. The average Bonchev–Trinajstić information content (AvgIpc) is 2.90. The van der Waals surface area contributed by atoms with Crippen LogP contribution in [-0.2, 0) is 6.54 Å². The monoisotopic (exact) mass is 271 g/mol. The molecule has 1 aromatic rings. The van der Waals surface area contributed by atoms with Crippen molar-refractivity contribution >= 4 is 21.6 Å². The fourth-order valence-corrected chi connectivity index (χ4v) is 1.94. The molecule has 2 atom stereocenters. The average molecular weight is 272 g/mol. The normalized spacial score (nSPS) is 23.9. The van der Waals surface area contributed by atoms with E-state index in [9.17, 15) is 4.79 Å². The van der Waals surface area contributed by atoms with Gasteiger partial charge in [0.1, 0.15) is 4.47 Å². The summed E-state index contributed by atoms with van der Waals surface area (Å²) < 4.78 is 2.02. The highest BCUT2D eigenvalue weighted by atomic mass is 79.9. The summed E-state index contributed by atoms with van der Waals surface area (Å²) in [5.41, 5.74) is 0.731. The van der Waals surface area contributed by atoms with Gasteiger partial charge in [-0.05, 0) is 35.2 Å². The van der Waals surface area contributed by atoms with Gasteiger partial charge in [-0.2, -0.15) is 5.10 Å². The maximum absolute atomic E-state index is 11.7. The zero-order chi connectivity index (χ0) is 11.0. The fourth-order valence-electron chi connectivity index (χ4n) is 1.51. The van der Waals surface area contributed by atoms with Gasteiger partial charge in [0.05, 0.1) is 11.9 Å². The molecule has 0 aliphatic heterocycles. The van der Waals surface area contributed by atoms with E-state index in [4.69, 9.17) is 0 Å². The number of rotatable bonds is 3. The first kappa shape index (κ1) is 10.7. The van der Waals surface area contributed by atoms with Gasteiger partial charge in [0.2, 0.25) is 0 Å². The third-order valence-corrected chi connectivity index (χ3v) is 3.50. The summed E-state index contributed by atoms with van der Waals surface area (Å²) in [7, 11) is 0. The summed E-state index contributed by atoms with van der Waals surface area (Å²) in [5, 5.41) is 7.38. The lowest BCUT2D eigenvalue weighted by molar-refractivity contribution is 0.612. The number of aryl methyl sites for hydroxylation is 1. The predicted octanol–water partition coefficient (Wildman–Crippen LogP) is 1.85. The maximum atomic E-state index is 11.7. The largest absolute Gasteiger partial charge is 0.380 e. The van der Waals surface area contributed by atoms with Crippen LogP contribution < -0.4 is 10.9 Å². The Balaban J connectivity index is 2.25. The van der Waals surface area contributed by atoms with Crippen LogP contribution in [0, 0.1) is 5.92 Å². The number of nitrogens with zero attached hydrogens (tertiary/aromatic N) is 2. The first-order chi connectivity index (χ1) is 7.13. The van der Waals surface area contributed by atoms with Crippen molar-refractivity contribution in [3.8, 4) is 0 Å². The van der Waals surface area contributed by atoms with Gasteiger partial charge < -0.3 is 5.32 Å². The highest BCUT2D eigenvalue weighted by Crippen LogP contribution is 2.33. The number of hydrogen-bond acceptors (Lipinski definition) is 3. The van der Waals surface area contributed by atoms with Crippen LogP contribution in [0.15, 0.2) is 15.5 Å². The van der Waals surface area contributed by atoms with Gasteiger partial charge in [-0.25, -0.2) is 4.68 Å². The zero-order valence-corrected chi connectivity index (χ0v) is 10.4. The highest BCUT2D eigenvalue weighted by molar-refractivity contribution is 9.10. The highest BCUT2D eigenvalue weighted by Gasteiger charge is 2.33.